The highest BCUT2D eigenvalue weighted by Gasteiger charge is 2.24. The van der Waals surface area contributed by atoms with Crippen LogP contribution in [-0.2, 0) is 0 Å². The van der Waals surface area contributed by atoms with Crippen LogP contribution in [-0.4, -0.2) is 24.2 Å². The average molecular weight is 1170 g/mol. The van der Waals surface area contributed by atoms with Crippen LogP contribution in [0.4, 0.5) is 34.1 Å². The SMILES string of the molecule is CC1CC(C)CC(N)C1.CC1CCC(C)C(N)C1.CC1CCC(N)CC1C.CC1CCCC(C)C1N.Cc1ccc(N)c(C)c1.Cc1ccc(N)cc1.Cc1cccc(N)c1.Cc1cccc(N)c1C.Cc1ccccc1N.Nc1ccccc1. The Kier molecular flexibility index (Phi) is 38.7. The van der Waals surface area contributed by atoms with E-state index in [4.69, 9.17) is 57.3 Å². The molecule has 0 aromatic heterocycles. The van der Waals surface area contributed by atoms with Crippen molar-refractivity contribution in [3.8, 4) is 0 Å². The minimum atomic E-state index is 0.471. The summed E-state index contributed by atoms with van der Waals surface area (Å²) in [5.74, 6) is 6.64. The topological polar surface area (TPSA) is 260 Å². The Bertz CT molecular complexity index is 2500. The fraction of sp³-hybridized carbons (Fsp3) is 0.520. The van der Waals surface area contributed by atoms with Crippen molar-refractivity contribution in [2.75, 3.05) is 34.4 Å². The highest BCUT2D eigenvalue weighted by atomic mass is 14.7. The van der Waals surface area contributed by atoms with Crippen LogP contribution in [0.3, 0.4) is 0 Å². The Morgan fingerprint density at radius 2 is 0.788 bits per heavy atom. The molecule has 10 unspecified atom stereocenters. The first-order chi connectivity index (χ1) is 40.0. The van der Waals surface area contributed by atoms with Gasteiger partial charge < -0.3 is 57.3 Å². The molecular formula is C75H124N10. The molecule has 0 aliphatic heterocycles. The Labute approximate surface area is 519 Å². The predicted octanol–water partition coefficient (Wildman–Crippen LogP) is 16.9. The number of hydrogen-bond donors (Lipinski definition) is 10. The molecule has 10 atom stereocenters. The number of aryl methyl sites for hydroxylation is 6. The number of benzene rings is 6. The van der Waals surface area contributed by atoms with Gasteiger partial charge in [-0.1, -0.05) is 164 Å². The normalized spacial score (nSPS) is 24.4. The maximum absolute atomic E-state index is 5.92. The largest absolute Gasteiger partial charge is 0.399 e. The van der Waals surface area contributed by atoms with Gasteiger partial charge in [0.05, 0.1) is 0 Å². The van der Waals surface area contributed by atoms with E-state index in [1.807, 2.05) is 162 Å². The molecule has 0 bridgehead atoms. The maximum Gasteiger partial charge on any atom is 0.0346 e. The molecule has 4 fully saturated rings. The molecule has 85 heavy (non-hydrogen) atoms. The van der Waals surface area contributed by atoms with E-state index in [0.717, 1.165) is 92.6 Å². The fourth-order valence-electron chi connectivity index (χ4n) is 10.8. The first-order valence-electron chi connectivity index (χ1n) is 31.9. The van der Waals surface area contributed by atoms with Gasteiger partial charge in [-0.15, -0.1) is 0 Å². The Hall–Kier alpha value is -6.04. The van der Waals surface area contributed by atoms with E-state index in [2.05, 4.69) is 81.4 Å². The van der Waals surface area contributed by atoms with Crippen LogP contribution in [0.5, 0.6) is 0 Å². The first-order valence-corrected chi connectivity index (χ1v) is 31.9. The van der Waals surface area contributed by atoms with Crippen molar-refractivity contribution in [3.05, 3.63) is 178 Å². The van der Waals surface area contributed by atoms with E-state index in [0.29, 0.717) is 24.2 Å². The van der Waals surface area contributed by atoms with Crippen molar-refractivity contribution >= 4 is 34.1 Å². The number of hydrogen-bond acceptors (Lipinski definition) is 10. The van der Waals surface area contributed by atoms with Gasteiger partial charge >= 0.3 is 0 Å². The van der Waals surface area contributed by atoms with Gasteiger partial charge in [-0.2, -0.15) is 0 Å². The minimum absolute atomic E-state index is 0.471. The van der Waals surface area contributed by atoms with Crippen molar-refractivity contribution in [3.63, 3.8) is 0 Å². The summed E-state index contributed by atoms with van der Waals surface area (Å²) in [6.45, 7) is 32.6. The number of para-hydroxylation sites is 2. The summed E-state index contributed by atoms with van der Waals surface area (Å²) >= 11 is 0. The molecule has 10 heteroatoms. The quantitative estimate of drug-likeness (QED) is 0.0643. The zero-order chi connectivity index (χ0) is 64.2. The van der Waals surface area contributed by atoms with Gasteiger partial charge in [-0.3, -0.25) is 0 Å². The van der Waals surface area contributed by atoms with Crippen LogP contribution < -0.4 is 57.3 Å². The van der Waals surface area contributed by atoms with E-state index in [1.165, 1.54) is 105 Å². The third-order valence-electron chi connectivity index (χ3n) is 17.2. The van der Waals surface area contributed by atoms with Gasteiger partial charge in [0, 0.05) is 58.3 Å². The summed E-state index contributed by atoms with van der Waals surface area (Å²) in [7, 11) is 0. The Morgan fingerprint density at radius 3 is 1.18 bits per heavy atom. The number of rotatable bonds is 0. The van der Waals surface area contributed by atoms with Crippen molar-refractivity contribution in [1.82, 2.24) is 0 Å². The second-order valence-electron chi connectivity index (χ2n) is 26.0. The lowest BCUT2D eigenvalue weighted by molar-refractivity contribution is 0.251. The van der Waals surface area contributed by atoms with Crippen LogP contribution in [0, 0.1) is 95.8 Å². The van der Waals surface area contributed by atoms with Crippen LogP contribution in [0.25, 0.3) is 0 Å². The molecule has 10 rings (SSSR count). The van der Waals surface area contributed by atoms with Crippen molar-refractivity contribution < 1.29 is 0 Å². The monoisotopic (exact) mass is 1170 g/mol. The third-order valence-corrected chi connectivity index (χ3v) is 17.2. The van der Waals surface area contributed by atoms with E-state index >= 15 is 0 Å². The summed E-state index contributed by atoms with van der Waals surface area (Å²) in [4.78, 5) is 0. The molecule has 0 heterocycles. The van der Waals surface area contributed by atoms with Crippen molar-refractivity contribution in [2.45, 2.75) is 205 Å². The molecule has 0 radical (unpaired) electrons. The van der Waals surface area contributed by atoms with Crippen molar-refractivity contribution in [1.29, 1.82) is 0 Å². The van der Waals surface area contributed by atoms with E-state index in [9.17, 15) is 0 Å². The van der Waals surface area contributed by atoms with Gasteiger partial charge in [-0.05, 0) is 242 Å². The number of nitrogen functional groups attached to an aromatic ring is 6. The summed E-state index contributed by atoms with van der Waals surface area (Å²) in [5, 5.41) is 0. The van der Waals surface area contributed by atoms with Gasteiger partial charge in [0.2, 0.25) is 0 Å². The zero-order valence-corrected chi connectivity index (χ0v) is 56.0. The highest BCUT2D eigenvalue weighted by Crippen LogP contribution is 2.30. The fourth-order valence-corrected chi connectivity index (χ4v) is 10.8. The smallest absolute Gasteiger partial charge is 0.0346 e. The predicted molar refractivity (Wildman–Crippen MR) is 379 cm³/mol. The molecule has 0 amide bonds. The molecule has 6 aromatic carbocycles. The maximum atomic E-state index is 5.92. The number of nitrogens with two attached hydrogens (primary N) is 10. The second kappa shape index (κ2) is 42.7. The van der Waals surface area contributed by atoms with Crippen LogP contribution in [0.15, 0.2) is 140 Å². The summed E-state index contributed by atoms with van der Waals surface area (Å²) in [5.41, 5.74) is 70.0. The van der Waals surface area contributed by atoms with E-state index in [-0.39, 0.29) is 0 Å². The average Bonchev–Trinajstić information content (AvgIpc) is 3.44. The molecule has 20 N–H and O–H groups in total. The lowest BCUT2D eigenvalue weighted by Gasteiger charge is -2.31. The molecule has 0 spiro atoms. The van der Waals surface area contributed by atoms with Crippen LogP contribution in [0.2, 0.25) is 0 Å². The summed E-state index contributed by atoms with van der Waals surface area (Å²) < 4.78 is 0. The summed E-state index contributed by atoms with van der Waals surface area (Å²) in [6.07, 6.45) is 15.7. The lowest BCUT2D eigenvalue weighted by Crippen LogP contribution is -2.37. The minimum Gasteiger partial charge on any atom is -0.399 e. The second-order valence-corrected chi connectivity index (χ2v) is 26.0. The molecule has 0 saturated heterocycles. The molecule has 4 aliphatic carbocycles. The molecule has 4 aliphatic rings. The van der Waals surface area contributed by atoms with Gasteiger partial charge in [-0.25, -0.2) is 0 Å². The van der Waals surface area contributed by atoms with Gasteiger partial charge in [0.25, 0.3) is 0 Å². The Morgan fingerprint density at radius 1 is 0.306 bits per heavy atom. The van der Waals surface area contributed by atoms with Crippen LogP contribution >= 0.6 is 0 Å². The highest BCUT2D eigenvalue weighted by molar-refractivity contribution is 5.49. The Balaban J connectivity index is 0.000000473. The standard InChI is InChI=1S/2C8H17N.C8H11N.C8H17N.C8H11N.C8H17N.3C7H9N.C6H7N/c1-6-3-7(2)5-8(9)4-6;1-6-3-4-8(9)5-7(6)2;1-6-3-4-8(9)7(2)5-6;1-6-3-4-7(2)8(9)5-6;1-6-4-3-5-8(9)7(6)2;1-6-4-3-5-7(2)8(6)9;1-6-2-4-7(8)5-3-6;1-6-3-2-4-7(8)5-6;1-6-4-2-3-5-7(6)8;7-6-4-2-1-3-5-6/h2*6-8H,3-5,9H2,1-2H3;3-5H,9H2,1-2H3;6-8H,3-5,9H2,1-2H3;3-5H,9H2,1-2H3;6-8H,3-5,9H2,1-2H3;3*2-5H,8H2,1H3;1-5H,7H2. The van der Waals surface area contributed by atoms with Gasteiger partial charge in [0.15, 0.2) is 0 Å². The molecule has 4 saturated carbocycles. The summed E-state index contributed by atoms with van der Waals surface area (Å²) in [6, 6.07) is 46.8. The van der Waals surface area contributed by atoms with E-state index in [1.54, 1.807) is 0 Å². The molecule has 6 aromatic rings. The van der Waals surface area contributed by atoms with Crippen LogP contribution in [0.1, 0.15) is 171 Å². The zero-order valence-electron chi connectivity index (χ0n) is 56.0. The lowest BCUT2D eigenvalue weighted by atomic mass is 9.79. The van der Waals surface area contributed by atoms with Gasteiger partial charge in [0.1, 0.15) is 0 Å². The molecule has 10 nitrogen and oxygen atoms in total. The molecular weight excluding hydrogens is 1040 g/mol. The molecule has 474 valence electrons. The first kappa shape index (κ1) is 77.0. The number of anilines is 6. The third kappa shape index (κ3) is 35.9. The van der Waals surface area contributed by atoms with Crippen molar-refractivity contribution in [2.24, 2.45) is 70.3 Å². The van der Waals surface area contributed by atoms with E-state index < -0.39 is 0 Å².